The second-order valence-electron chi connectivity index (χ2n) is 6.42. The third kappa shape index (κ3) is 4.97. The summed E-state index contributed by atoms with van der Waals surface area (Å²) < 4.78 is 0. The van der Waals surface area contributed by atoms with Crippen molar-refractivity contribution in [1.29, 1.82) is 0 Å². The minimum absolute atomic E-state index is 0.201. The van der Waals surface area contributed by atoms with Gasteiger partial charge in [-0.2, -0.15) is 11.8 Å². The van der Waals surface area contributed by atoms with Gasteiger partial charge >= 0.3 is 5.97 Å². The lowest BCUT2D eigenvalue weighted by Crippen LogP contribution is -2.41. The number of aromatic amines is 1. The average molecular weight is 411 g/mol. The second-order valence-corrected chi connectivity index (χ2v) is 7.40. The Labute approximate surface area is 171 Å². The second kappa shape index (κ2) is 9.29. The summed E-state index contributed by atoms with van der Waals surface area (Å²) >= 11 is 1.51. The zero-order valence-electron chi connectivity index (χ0n) is 15.8. The molecule has 29 heavy (non-hydrogen) atoms. The Morgan fingerprint density at radius 2 is 1.79 bits per heavy atom. The van der Waals surface area contributed by atoms with E-state index in [-0.39, 0.29) is 5.56 Å². The van der Waals surface area contributed by atoms with Crippen molar-refractivity contribution in [2.75, 3.05) is 17.3 Å². The van der Waals surface area contributed by atoms with Crippen molar-refractivity contribution in [2.45, 2.75) is 12.5 Å². The first-order valence-corrected chi connectivity index (χ1v) is 10.4. The van der Waals surface area contributed by atoms with E-state index in [1.165, 1.54) is 11.8 Å². The van der Waals surface area contributed by atoms with Crippen LogP contribution < -0.4 is 10.6 Å². The highest BCUT2D eigenvalue weighted by Gasteiger charge is 2.22. The van der Waals surface area contributed by atoms with Gasteiger partial charge in [-0.05, 0) is 42.7 Å². The van der Waals surface area contributed by atoms with Crippen LogP contribution in [-0.4, -0.2) is 45.9 Å². The first-order valence-electron chi connectivity index (χ1n) is 9.00. The monoisotopic (exact) mass is 411 g/mol. The molecule has 0 saturated heterocycles. The fourth-order valence-electron chi connectivity index (χ4n) is 2.90. The van der Waals surface area contributed by atoms with Gasteiger partial charge in [0.15, 0.2) is 0 Å². The lowest BCUT2D eigenvalue weighted by atomic mass is 10.1. The number of carboxylic acids is 1. The Balaban J connectivity index is 1.78. The molecule has 0 unspecified atom stereocenters. The predicted octanol–water partition coefficient (Wildman–Crippen LogP) is 3.36. The Morgan fingerprint density at radius 3 is 2.52 bits per heavy atom. The molecule has 1 atom stereocenters. The average Bonchev–Trinajstić information content (AvgIpc) is 3.15. The van der Waals surface area contributed by atoms with Crippen molar-refractivity contribution in [3.05, 3.63) is 65.9 Å². The number of carboxylic acid groups (broad SMARTS) is 1. The molecule has 3 rings (SSSR count). The lowest BCUT2D eigenvalue weighted by molar-refractivity contribution is -0.139. The van der Waals surface area contributed by atoms with Gasteiger partial charge in [0.2, 0.25) is 0 Å². The Hall–Kier alpha value is -3.26. The topological polar surface area (TPSA) is 111 Å². The summed E-state index contributed by atoms with van der Waals surface area (Å²) in [5, 5.41) is 15.5. The molecule has 150 valence electrons. The van der Waals surface area contributed by atoms with Gasteiger partial charge in [0, 0.05) is 10.9 Å². The number of carbonyl (C=O) groups excluding carboxylic acids is 2. The van der Waals surface area contributed by atoms with Crippen LogP contribution in [0.5, 0.6) is 0 Å². The molecule has 1 aromatic heterocycles. The standard InChI is InChI=1S/C21H21N3O4S/c1-29-11-10-17(21(27)28)24-19(25)14-7-3-5-9-16(14)23-20(26)18-12-13-6-2-4-8-15(13)22-18/h2-9,12,17,22H,10-11H2,1H3,(H,23,26)(H,24,25)(H,27,28)/t17-/m1/s1. The van der Waals surface area contributed by atoms with Crippen LogP contribution in [0.4, 0.5) is 5.69 Å². The SMILES string of the molecule is CSCC[C@@H](NC(=O)c1ccccc1NC(=O)c1cc2ccccc2[nH]1)C(=O)O. The number of amides is 2. The van der Waals surface area contributed by atoms with Gasteiger partial charge in [-0.25, -0.2) is 4.79 Å². The van der Waals surface area contributed by atoms with Crippen LogP contribution in [-0.2, 0) is 4.79 Å². The van der Waals surface area contributed by atoms with Gasteiger partial charge in [-0.1, -0.05) is 30.3 Å². The molecule has 0 fully saturated rings. The minimum Gasteiger partial charge on any atom is -0.480 e. The van der Waals surface area contributed by atoms with Gasteiger partial charge in [0.1, 0.15) is 11.7 Å². The summed E-state index contributed by atoms with van der Waals surface area (Å²) in [6, 6.07) is 14.8. The number of nitrogens with one attached hydrogen (secondary N) is 3. The number of hydrogen-bond donors (Lipinski definition) is 4. The first-order chi connectivity index (χ1) is 14.0. The van der Waals surface area contributed by atoms with Crippen LogP contribution in [0.25, 0.3) is 10.9 Å². The van der Waals surface area contributed by atoms with Gasteiger partial charge in [-0.15, -0.1) is 0 Å². The van der Waals surface area contributed by atoms with Crippen molar-refractivity contribution in [3.8, 4) is 0 Å². The molecule has 0 bridgehead atoms. The van der Waals surface area contributed by atoms with Crippen molar-refractivity contribution in [2.24, 2.45) is 0 Å². The minimum atomic E-state index is -1.09. The highest BCUT2D eigenvalue weighted by atomic mass is 32.2. The Morgan fingerprint density at radius 1 is 1.07 bits per heavy atom. The van der Waals surface area contributed by atoms with E-state index < -0.39 is 23.8 Å². The van der Waals surface area contributed by atoms with Crippen LogP contribution in [0.15, 0.2) is 54.6 Å². The van der Waals surface area contributed by atoms with Crippen molar-refractivity contribution >= 4 is 46.1 Å². The summed E-state index contributed by atoms with van der Waals surface area (Å²) in [4.78, 5) is 39.8. The lowest BCUT2D eigenvalue weighted by Gasteiger charge is -2.16. The molecular weight excluding hydrogens is 390 g/mol. The molecule has 0 aliphatic carbocycles. The van der Waals surface area contributed by atoms with E-state index in [9.17, 15) is 19.5 Å². The zero-order chi connectivity index (χ0) is 20.8. The Kier molecular flexibility index (Phi) is 6.56. The summed E-state index contributed by atoms with van der Waals surface area (Å²) in [5.41, 5.74) is 1.71. The van der Waals surface area contributed by atoms with E-state index in [4.69, 9.17) is 0 Å². The van der Waals surface area contributed by atoms with Crippen LogP contribution in [0.2, 0.25) is 0 Å². The largest absolute Gasteiger partial charge is 0.480 e. The number of H-pyrrole nitrogens is 1. The quantitative estimate of drug-likeness (QED) is 0.454. The molecular formula is C21H21N3O4S. The number of anilines is 1. The number of aliphatic carboxylic acids is 1. The fourth-order valence-corrected chi connectivity index (χ4v) is 3.38. The number of carbonyl (C=O) groups is 3. The molecule has 0 aliphatic rings. The first kappa shape index (κ1) is 20.5. The molecule has 4 N–H and O–H groups in total. The number of benzene rings is 2. The van der Waals surface area contributed by atoms with E-state index in [0.717, 1.165) is 10.9 Å². The molecule has 0 saturated carbocycles. The van der Waals surface area contributed by atoms with E-state index in [2.05, 4.69) is 15.6 Å². The molecule has 0 spiro atoms. The van der Waals surface area contributed by atoms with E-state index in [1.54, 1.807) is 30.3 Å². The van der Waals surface area contributed by atoms with Crippen LogP contribution in [0.3, 0.4) is 0 Å². The third-order valence-electron chi connectivity index (χ3n) is 4.41. The highest BCUT2D eigenvalue weighted by molar-refractivity contribution is 7.98. The predicted molar refractivity (Wildman–Crippen MR) is 115 cm³/mol. The van der Waals surface area contributed by atoms with Crippen molar-refractivity contribution in [1.82, 2.24) is 10.3 Å². The summed E-state index contributed by atoms with van der Waals surface area (Å²) in [5.74, 6) is -1.42. The van der Waals surface area contributed by atoms with Crippen LogP contribution in [0, 0.1) is 0 Å². The number of aromatic nitrogens is 1. The maximum Gasteiger partial charge on any atom is 0.326 e. The van der Waals surface area contributed by atoms with Crippen molar-refractivity contribution < 1.29 is 19.5 Å². The molecule has 7 nitrogen and oxygen atoms in total. The van der Waals surface area contributed by atoms with Gasteiger partial charge < -0.3 is 20.7 Å². The highest BCUT2D eigenvalue weighted by Crippen LogP contribution is 2.19. The normalized spacial score (nSPS) is 11.8. The number of thioether (sulfide) groups is 1. The van der Waals surface area contributed by atoms with E-state index in [0.29, 0.717) is 23.6 Å². The van der Waals surface area contributed by atoms with Gasteiger partial charge in [-0.3, -0.25) is 9.59 Å². The number of fused-ring (bicyclic) bond motifs is 1. The molecule has 1 heterocycles. The van der Waals surface area contributed by atoms with Gasteiger partial charge in [0.25, 0.3) is 11.8 Å². The zero-order valence-corrected chi connectivity index (χ0v) is 16.6. The molecule has 2 amide bonds. The third-order valence-corrected chi connectivity index (χ3v) is 5.05. The van der Waals surface area contributed by atoms with Crippen LogP contribution in [0.1, 0.15) is 27.3 Å². The van der Waals surface area contributed by atoms with E-state index in [1.807, 2.05) is 30.5 Å². The molecule has 0 aliphatic heterocycles. The van der Waals surface area contributed by atoms with Crippen LogP contribution >= 0.6 is 11.8 Å². The molecule has 2 aromatic carbocycles. The number of rotatable bonds is 8. The maximum atomic E-state index is 12.7. The number of para-hydroxylation sites is 2. The smallest absolute Gasteiger partial charge is 0.326 e. The molecule has 3 aromatic rings. The molecule has 8 heteroatoms. The van der Waals surface area contributed by atoms with Gasteiger partial charge in [0.05, 0.1) is 11.3 Å². The fraction of sp³-hybridized carbons (Fsp3) is 0.190. The maximum absolute atomic E-state index is 12.7. The summed E-state index contributed by atoms with van der Waals surface area (Å²) in [6.07, 6.45) is 2.18. The number of hydrogen-bond acceptors (Lipinski definition) is 4. The van der Waals surface area contributed by atoms with E-state index >= 15 is 0 Å². The Bertz CT molecular complexity index is 1010. The summed E-state index contributed by atoms with van der Waals surface area (Å²) in [6.45, 7) is 0. The summed E-state index contributed by atoms with van der Waals surface area (Å²) in [7, 11) is 0. The molecule has 0 radical (unpaired) electrons. The van der Waals surface area contributed by atoms with Crippen molar-refractivity contribution in [3.63, 3.8) is 0 Å².